The Kier molecular flexibility index (Phi) is 3.38. The van der Waals surface area contributed by atoms with E-state index in [2.05, 4.69) is 9.88 Å². The van der Waals surface area contributed by atoms with Crippen LogP contribution >= 0.6 is 0 Å². The lowest BCUT2D eigenvalue weighted by atomic mass is 10.2. The molecule has 0 aromatic carbocycles. The summed E-state index contributed by atoms with van der Waals surface area (Å²) >= 11 is 0. The Morgan fingerprint density at radius 3 is 2.68 bits per heavy atom. The number of hydrogen-bond acceptors (Lipinski definition) is 4. The van der Waals surface area contributed by atoms with Gasteiger partial charge >= 0.3 is 0 Å². The van der Waals surface area contributed by atoms with E-state index in [0.29, 0.717) is 11.4 Å². The van der Waals surface area contributed by atoms with Crippen molar-refractivity contribution in [3.05, 3.63) is 24.0 Å². The number of nitrogens with zero attached hydrogens (tertiary/aromatic N) is 3. The Hall–Kier alpha value is -1.62. The lowest BCUT2D eigenvalue weighted by Gasteiger charge is -2.34. The molecule has 1 aromatic heterocycles. The average Bonchev–Trinajstić information content (AvgIpc) is 3.23. The monoisotopic (exact) mass is 260 g/mol. The quantitative estimate of drug-likeness (QED) is 0.874. The van der Waals surface area contributed by atoms with Crippen LogP contribution in [0, 0.1) is 5.92 Å². The van der Waals surface area contributed by atoms with Gasteiger partial charge in [0.1, 0.15) is 5.69 Å². The molecule has 1 saturated heterocycles. The Bertz CT molecular complexity index is 464. The van der Waals surface area contributed by atoms with Gasteiger partial charge in [-0.25, -0.2) is 0 Å². The fourth-order valence-electron chi connectivity index (χ4n) is 2.52. The molecule has 5 heteroatoms. The van der Waals surface area contributed by atoms with Crippen LogP contribution in [0.5, 0.6) is 0 Å². The van der Waals surface area contributed by atoms with Crippen LogP contribution in [0.2, 0.25) is 0 Å². The maximum atomic E-state index is 12.3. The van der Waals surface area contributed by atoms with Crippen molar-refractivity contribution in [2.75, 3.05) is 38.5 Å². The van der Waals surface area contributed by atoms with Gasteiger partial charge in [0, 0.05) is 44.6 Å². The van der Waals surface area contributed by atoms with Crippen LogP contribution in [0.3, 0.4) is 0 Å². The average molecular weight is 260 g/mol. The van der Waals surface area contributed by atoms with E-state index in [0.717, 1.165) is 32.1 Å². The number of hydrogen-bond donors (Lipinski definition) is 1. The fraction of sp³-hybridized carbons (Fsp3) is 0.571. The molecule has 0 radical (unpaired) electrons. The summed E-state index contributed by atoms with van der Waals surface area (Å²) in [5.74, 6) is 0.913. The molecule has 0 atom stereocenters. The highest BCUT2D eigenvalue weighted by Crippen LogP contribution is 2.29. The van der Waals surface area contributed by atoms with Crippen molar-refractivity contribution in [1.29, 1.82) is 0 Å². The molecule has 2 aliphatic rings. The Balaban J connectivity index is 1.56. The molecule has 2 N–H and O–H groups in total. The third-order valence-corrected chi connectivity index (χ3v) is 3.88. The second-order valence-electron chi connectivity index (χ2n) is 5.51. The van der Waals surface area contributed by atoms with Gasteiger partial charge in [-0.3, -0.25) is 14.7 Å². The van der Waals surface area contributed by atoms with E-state index in [1.807, 2.05) is 4.90 Å². The summed E-state index contributed by atoms with van der Waals surface area (Å²) in [4.78, 5) is 20.7. The Morgan fingerprint density at radius 1 is 1.32 bits per heavy atom. The number of aromatic nitrogens is 1. The highest BCUT2D eigenvalue weighted by molar-refractivity contribution is 5.93. The third-order valence-electron chi connectivity index (χ3n) is 3.88. The molecule has 0 bridgehead atoms. The first-order chi connectivity index (χ1) is 9.22. The first-order valence-electron chi connectivity index (χ1n) is 6.95. The van der Waals surface area contributed by atoms with Gasteiger partial charge in [-0.1, -0.05) is 0 Å². The van der Waals surface area contributed by atoms with E-state index in [1.54, 1.807) is 18.3 Å². The standard InChI is InChI=1S/C14H20N4O/c15-12-3-4-16-13(9-12)14(19)18-7-5-17(6-8-18)10-11-1-2-11/h3-4,9,11H,1-2,5-8,10H2,(H2,15,16). The Labute approximate surface area is 113 Å². The molecule has 0 spiro atoms. The lowest BCUT2D eigenvalue weighted by Crippen LogP contribution is -2.49. The van der Waals surface area contributed by atoms with Crippen LogP contribution in [0.15, 0.2) is 18.3 Å². The van der Waals surface area contributed by atoms with Crippen LogP contribution in [-0.4, -0.2) is 53.4 Å². The summed E-state index contributed by atoms with van der Waals surface area (Å²) in [5, 5.41) is 0. The van der Waals surface area contributed by atoms with Crippen molar-refractivity contribution in [3.8, 4) is 0 Å². The highest BCUT2D eigenvalue weighted by atomic mass is 16.2. The summed E-state index contributed by atoms with van der Waals surface area (Å²) < 4.78 is 0. The summed E-state index contributed by atoms with van der Waals surface area (Å²) in [6, 6.07) is 3.35. The summed E-state index contributed by atoms with van der Waals surface area (Å²) in [6.45, 7) is 4.75. The smallest absolute Gasteiger partial charge is 0.272 e. The second kappa shape index (κ2) is 5.17. The zero-order valence-corrected chi connectivity index (χ0v) is 11.1. The van der Waals surface area contributed by atoms with Crippen molar-refractivity contribution in [1.82, 2.24) is 14.8 Å². The van der Waals surface area contributed by atoms with Crippen LogP contribution in [0.1, 0.15) is 23.3 Å². The van der Waals surface area contributed by atoms with E-state index >= 15 is 0 Å². The molecular formula is C14H20N4O. The van der Waals surface area contributed by atoms with Gasteiger partial charge in [0.05, 0.1) is 0 Å². The fourth-order valence-corrected chi connectivity index (χ4v) is 2.52. The minimum absolute atomic E-state index is 0.00151. The molecular weight excluding hydrogens is 240 g/mol. The van der Waals surface area contributed by atoms with E-state index < -0.39 is 0 Å². The first-order valence-corrected chi connectivity index (χ1v) is 6.95. The van der Waals surface area contributed by atoms with E-state index in [9.17, 15) is 4.79 Å². The van der Waals surface area contributed by atoms with Gasteiger partial charge in [0.2, 0.25) is 0 Å². The minimum atomic E-state index is -0.00151. The first kappa shape index (κ1) is 12.4. The number of pyridine rings is 1. The molecule has 1 aliphatic heterocycles. The molecule has 102 valence electrons. The number of carbonyl (C=O) groups is 1. The van der Waals surface area contributed by atoms with Crippen LogP contribution in [-0.2, 0) is 0 Å². The SMILES string of the molecule is Nc1ccnc(C(=O)N2CCN(CC3CC3)CC2)c1. The van der Waals surface area contributed by atoms with E-state index in [1.165, 1.54) is 19.4 Å². The molecule has 19 heavy (non-hydrogen) atoms. The summed E-state index contributed by atoms with van der Waals surface area (Å²) in [5.41, 5.74) is 6.73. The normalized spacial score (nSPS) is 20.5. The van der Waals surface area contributed by atoms with Gasteiger partial charge < -0.3 is 10.6 Å². The van der Waals surface area contributed by atoms with Crippen molar-refractivity contribution < 1.29 is 4.79 Å². The predicted molar refractivity (Wildman–Crippen MR) is 73.7 cm³/mol. The number of carbonyl (C=O) groups excluding carboxylic acids is 1. The Morgan fingerprint density at radius 2 is 2.05 bits per heavy atom. The number of nitrogen functional groups attached to an aromatic ring is 1. The number of anilines is 1. The predicted octanol–water partition coefficient (Wildman–Crippen LogP) is 0.832. The van der Waals surface area contributed by atoms with Gasteiger partial charge in [-0.05, 0) is 30.9 Å². The third kappa shape index (κ3) is 3.04. The van der Waals surface area contributed by atoms with Gasteiger partial charge in [0.15, 0.2) is 0 Å². The lowest BCUT2D eigenvalue weighted by molar-refractivity contribution is 0.0626. The van der Waals surface area contributed by atoms with Crippen molar-refractivity contribution in [2.24, 2.45) is 5.92 Å². The number of rotatable bonds is 3. The molecule has 1 aliphatic carbocycles. The second-order valence-corrected chi connectivity index (χ2v) is 5.51. The molecule has 0 unspecified atom stereocenters. The zero-order valence-electron chi connectivity index (χ0n) is 11.1. The van der Waals surface area contributed by atoms with Crippen LogP contribution < -0.4 is 5.73 Å². The minimum Gasteiger partial charge on any atom is -0.399 e. The molecule has 2 fully saturated rings. The number of nitrogens with two attached hydrogens (primary N) is 1. The summed E-state index contributed by atoms with van der Waals surface area (Å²) in [6.07, 6.45) is 4.35. The van der Waals surface area contributed by atoms with Crippen molar-refractivity contribution in [3.63, 3.8) is 0 Å². The molecule has 3 rings (SSSR count). The molecule has 5 nitrogen and oxygen atoms in total. The van der Waals surface area contributed by atoms with E-state index in [-0.39, 0.29) is 5.91 Å². The van der Waals surface area contributed by atoms with Crippen molar-refractivity contribution in [2.45, 2.75) is 12.8 Å². The zero-order chi connectivity index (χ0) is 13.2. The maximum absolute atomic E-state index is 12.3. The van der Waals surface area contributed by atoms with E-state index in [4.69, 9.17) is 5.73 Å². The van der Waals surface area contributed by atoms with Crippen molar-refractivity contribution >= 4 is 11.6 Å². The largest absolute Gasteiger partial charge is 0.399 e. The highest BCUT2D eigenvalue weighted by Gasteiger charge is 2.28. The molecule has 1 amide bonds. The van der Waals surface area contributed by atoms with Gasteiger partial charge in [-0.15, -0.1) is 0 Å². The number of amides is 1. The molecule has 1 saturated carbocycles. The molecule has 1 aromatic rings. The van der Waals surface area contributed by atoms with Gasteiger partial charge in [0.25, 0.3) is 5.91 Å². The van der Waals surface area contributed by atoms with Gasteiger partial charge in [-0.2, -0.15) is 0 Å². The topological polar surface area (TPSA) is 62.5 Å². The summed E-state index contributed by atoms with van der Waals surface area (Å²) in [7, 11) is 0. The van der Waals surface area contributed by atoms with Crippen LogP contribution in [0.25, 0.3) is 0 Å². The maximum Gasteiger partial charge on any atom is 0.272 e. The number of piperazine rings is 1. The molecule has 2 heterocycles. The van der Waals surface area contributed by atoms with Crippen LogP contribution in [0.4, 0.5) is 5.69 Å².